The number of imidazole rings is 1. The fourth-order valence-corrected chi connectivity index (χ4v) is 4.15. The van der Waals surface area contributed by atoms with Gasteiger partial charge in [-0.2, -0.15) is 0 Å². The predicted octanol–water partition coefficient (Wildman–Crippen LogP) is 6.86. The molecule has 0 radical (unpaired) electrons. The summed E-state index contributed by atoms with van der Waals surface area (Å²) in [5.41, 5.74) is 2.12. The van der Waals surface area contributed by atoms with Crippen molar-refractivity contribution in [2.45, 2.75) is 11.4 Å². The molecule has 0 aliphatic heterocycles. The number of alkyl halides is 1. The Kier molecular flexibility index (Phi) is 6.19. The highest BCUT2D eigenvalue weighted by Gasteiger charge is 2.23. The van der Waals surface area contributed by atoms with Crippen molar-refractivity contribution in [1.82, 2.24) is 9.97 Å². The lowest BCUT2D eigenvalue weighted by Crippen LogP contribution is -2.31. The molecule has 1 aromatic heterocycles. The van der Waals surface area contributed by atoms with Crippen LogP contribution in [0, 0.1) is 0 Å². The molecule has 2 atom stereocenters. The van der Waals surface area contributed by atoms with Crippen LogP contribution in [0.25, 0.3) is 11.0 Å². The molecule has 10 heteroatoms. The second-order valence-electron chi connectivity index (χ2n) is 6.50. The average Bonchev–Trinajstić information content (AvgIpc) is 3.13. The van der Waals surface area contributed by atoms with Crippen molar-refractivity contribution in [2.75, 3.05) is 10.6 Å². The Balaban J connectivity index is 1.55. The van der Waals surface area contributed by atoms with Gasteiger partial charge in [-0.15, -0.1) is 11.6 Å². The molecule has 3 aromatic rings. The van der Waals surface area contributed by atoms with Gasteiger partial charge >= 0.3 is 0 Å². The molecule has 0 fully saturated rings. The number of benzene rings is 2. The zero-order valence-electron chi connectivity index (χ0n) is 15.0. The van der Waals surface area contributed by atoms with E-state index >= 15 is 0 Å². The number of nitrogens with zero attached hydrogens (tertiary/aromatic N) is 1. The number of hydrogen-bond acceptors (Lipinski definition) is 3. The molecule has 0 saturated carbocycles. The van der Waals surface area contributed by atoms with E-state index < -0.39 is 0 Å². The first-order valence-corrected chi connectivity index (χ1v) is 10.7. The highest BCUT2D eigenvalue weighted by molar-refractivity contribution is 6.49. The number of carbonyl (C=O) groups is 1. The Hall–Kier alpha value is -1.89. The lowest BCUT2D eigenvalue weighted by Gasteiger charge is -2.22. The van der Waals surface area contributed by atoms with Crippen molar-refractivity contribution >= 4 is 86.6 Å². The summed E-state index contributed by atoms with van der Waals surface area (Å²) < 4.78 is 0. The van der Waals surface area contributed by atoms with Crippen LogP contribution in [0.2, 0.25) is 15.1 Å². The number of hydrogen-bond donors (Lipinski definition) is 3. The molecule has 2 unspecified atom stereocenters. The van der Waals surface area contributed by atoms with Gasteiger partial charge in [0.1, 0.15) is 0 Å². The van der Waals surface area contributed by atoms with Crippen LogP contribution in [0.15, 0.2) is 53.6 Å². The van der Waals surface area contributed by atoms with E-state index in [0.717, 1.165) is 0 Å². The van der Waals surface area contributed by atoms with E-state index in [-0.39, 0.29) is 27.4 Å². The molecule has 1 heterocycles. The molecule has 4 rings (SSSR count). The van der Waals surface area contributed by atoms with Crippen LogP contribution in [0.1, 0.15) is 10.4 Å². The van der Waals surface area contributed by atoms with Crippen molar-refractivity contribution in [2.24, 2.45) is 0 Å². The van der Waals surface area contributed by atoms with Crippen LogP contribution >= 0.6 is 58.0 Å². The molecule has 154 valence electrons. The predicted molar refractivity (Wildman–Crippen MR) is 126 cm³/mol. The molecule has 1 aliphatic carbocycles. The Bertz CT molecular complexity index is 1200. The van der Waals surface area contributed by atoms with E-state index in [9.17, 15) is 4.79 Å². The Morgan fingerprint density at radius 1 is 1.07 bits per heavy atom. The second-order valence-corrected chi connectivity index (χ2v) is 8.60. The highest BCUT2D eigenvalue weighted by Crippen LogP contribution is 2.36. The van der Waals surface area contributed by atoms with E-state index in [1.54, 1.807) is 36.4 Å². The molecule has 1 aliphatic rings. The third-order valence-corrected chi connectivity index (χ3v) is 6.54. The number of halogens is 5. The molecule has 0 saturated heterocycles. The van der Waals surface area contributed by atoms with E-state index in [1.165, 1.54) is 0 Å². The van der Waals surface area contributed by atoms with Crippen molar-refractivity contribution in [3.63, 3.8) is 0 Å². The Labute approximate surface area is 197 Å². The summed E-state index contributed by atoms with van der Waals surface area (Å²) in [6, 6.07) is 7.92. The van der Waals surface area contributed by atoms with Gasteiger partial charge in [-0.25, -0.2) is 4.98 Å². The summed E-state index contributed by atoms with van der Waals surface area (Å²) in [4.78, 5) is 20.3. The third-order valence-electron chi connectivity index (χ3n) is 4.49. The minimum Gasteiger partial charge on any atom is -0.346 e. The number of allylic oxidation sites excluding steroid dienone is 2. The van der Waals surface area contributed by atoms with E-state index in [2.05, 4.69) is 20.6 Å². The molecule has 0 spiro atoms. The minimum atomic E-state index is -0.356. The average molecular weight is 503 g/mol. The molecule has 5 nitrogen and oxygen atoms in total. The van der Waals surface area contributed by atoms with Crippen molar-refractivity contribution in [3.8, 4) is 0 Å². The summed E-state index contributed by atoms with van der Waals surface area (Å²) in [6.45, 7) is 0. The zero-order chi connectivity index (χ0) is 21.4. The largest absolute Gasteiger partial charge is 0.346 e. The molecule has 2 aromatic carbocycles. The van der Waals surface area contributed by atoms with Crippen LogP contribution in [0.3, 0.4) is 0 Å². The zero-order valence-corrected chi connectivity index (χ0v) is 18.8. The van der Waals surface area contributed by atoms with Crippen molar-refractivity contribution < 1.29 is 4.79 Å². The maximum absolute atomic E-state index is 12.7. The SMILES string of the molecule is O=C(Nc1ccc(Cl)c(Cl)c1Cl)c1ccc2nc(NC3C(Cl)=CC=CC3Cl)[nH]c2c1. The maximum atomic E-state index is 12.7. The summed E-state index contributed by atoms with van der Waals surface area (Å²) in [5, 5.41) is 6.84. The fraction of sp³-hybridized carbons (Fsp3) is 0.100. The van der Waals surface area contributed by atoms with Crippen LogP contribution in [-0.2, 0) is 0 Å². The number of H-pyrrole nitrogens is 1. The van der Waals surface area contributed by atoms with Crippen LogP contribution in [-0.4, -0.2) is 27.3 Å². The summed E-state index contributed by atoms with van der Waals surface area (Å²) in [7, 11) is 0. The smallest absolute Gasteiger partial charge is 0.255 e. The Morgan fingerprint density at radius 2 is 1.87 bits per heavy atom. The lowest BCUT2D eigenvalue weighted by atomic mass is 10.1. The molecular weight excluding hydrogens is 490 g/mol. The number of aromatic nitrogens is 2. The monoisotopic (exact) mass is 500 g/mol. The van der Waals surface area contributed by atoms with Crippen molar-refractivity contribution in [1.29, 1.82) is 0 Å². The Morgan fingerprint density at radius 3 is 2.63 bits per heavy atom. The van der Waals surface area contributed by atoms with Crippen molar-refractivity contribution in [3.05, 3.63) is 74.2 Å². The number of fused-ring (bicyclic) bond motifs is 1. The van der Waals surface area contributed by atoms with Gasteiger partial charge in [-0.05, 0) is 36.4 Å². The first-order valence-electron chi connectivity index (χ1n) is 8.72. The summed E-state index contributed by atoms with van der Waals surface area (Å²) in [6.07, 6.45) is 5.42. The molecular formula is C20H13Cl5N4O. The standard InChI is InChI=1S/C20H13Cl5N4O/c21-10-5-7-14(17(25)16(10)24)26-19(30)9-4-6-13-15(8-9)28-20(27-13)29-18-11(22)2-1-3-12(18)23/h1-8,11,18H,(H,26,30)(H2,27,28,29). The number of rotatable bonds is 4. The second kappa shape index (κ2) is 8.69. The van der Waals surface area contributed by atoms with Gasteiger partial charge in [0, 0.05) is 10.6 Å². The van der Waals surface area contributed by atoms with Gasteiger partial charge in [0.05, 0.1) is 43.2 Å². The van der Waals surface area contributed by atoms with Gasteiger partial charge in [0.15, 0.2) is 0 Å². The van der Waals surface area contributed by atoms with Gasteiger partial charge in [0.2, 0.25) is 5.95 Å². The van der Waals surface area contributed by atoms with E-state index in [4.69, 9.17) is 58.0 Å². The topological polar surface area (TPSA) is 69.8 Å². The van der Waals surface area contributed by atoms with E-state index in [1.807, 2.05) is 12.2 Å². The molecule has 30 heavy (non-hydrogen) atoms. The number of amides is 1. The number of carbonyl (C=O) groups excluding carboxylic acids is 1. The molecule has 0 bridgehead atoms. The molecule has 1 amide bonds. The van der Waals surface area contributed by atoms with Crippen LogP contribution in [0.4, 0.5) is 11.6 Å². The first-order chi connectivity index (χ1) is 14.3. The van der Waals surface area contributed by atoms with E-state index in [0.29, 0.717) is 38.3 Å². The first kappa shape index (κ1) is 21.3. The van der Waals surface area contributed by atoms with Crippen LogP contribution in [0.5, 0.6) is 0 Å². The highest BCUT2D eigenvalue weighted by atomic mass is 35.5. The number of anilines is 2. The normalized spacial score (nSPS) is 18.4. The summed E-state index contributed by atoms with van der Waals surface area (Å²) >= 11 is 30.7. The lowest BCUT2D eigenvalue weighted by molar-refractivity contribution is 0.102. The van der Waals surface area contributed by atoms with Gasteiger partial charge < -0.3 is 15.6 Å². The van der Waals surface area contributed by atoms with Gasteiger partial charge in [0.25, 0.3) is 5.91 Å². The quantitative estimate of drug-likeness (QED) is 0.270. The fourth-order valence-electron chi connectivity index (χ4n) is 2.95. The summed E-state index contributed by atoms with van der Waals surface area (Å²) in [5.74, 6) is 0.137. The molecule has 3 N–H and O–H groups in total. The maximum Gasteiger partial charge on any atom is 0.255 e. The minimum absolute atomic E-state index is 0.175. The number of nitrogens with one attached hydrogen (secondary N) is 3. The van der Waals surface area contributed by atoms with Gasteiger partial charge in [-0.3, -0.25) is 4.79 Å². The van der Waals surface area contributed by atoms with Gasteiger partial charge in [-0.1, -0.05) is 58.6 Å². The van der Waals surface area contributed by atoms with Crippen LogP contribution < -0.4 is 10.6 Å². The third kappa shape index (κ3) is 4.27. The number of aromatic amines is 1.